The van der Waals surface area contributed by atoms with Crippen molar-refractivity contribution in [1.29, 1.82) is 0 Å². The molecule has 1 amide bonds. The largest absolute Gasteiger partial charge is 0.416 e. The zero-order chi connectivity index (χ0) is 15.6. The van der Waals surface area contributed by atoms with E-state index < -0.39 is 43.4 Å². The summed E-state index contributed by atoms with van der Waals surface area (Å²) >= 11 is 4.33. The molecule has 0 saturated carbocycles. The lowest BCUT2D eigenvalue weighted by Gasteiger charge is -2.40. The molecule has 2 aliphatic rings. The topological polar surface area (TPSA) is 120 Å². The van der Waals surface area contributed by atoms with Crippen molar-refractivity contribution in [1.82, 2.24) is 4.90 Å². The van der Waals surface area contributed by atoms with Crippen LogP contribution in [0.1, 0.15) is 12.8 Å². The van der Waals surface area contributed by atoms with E-state index in [1.165, 1.54) is 4.90 Å². The molecule has 0 aromatic rings. The van der Waals surface area contributed by atoms with Crippen LogP contribution in [0.3, 0.4) is 0 Å². The number of amides is 1. The number of ether oxygens (including phenoxy) is 2. The number of aliphatic hydroxyl groups is 4. The number of aliphatic hydroxyl groups excluding tert-OH is 4. The quantitative estimate of drug-likeness (QED) is 0.385. The van der Waals surface area contributed by atoms with E-state index in [4.69, 9.17) is 14.6 Å². The van der Waals surface area contributed by atoms with E-state index in [2.05, 4.69) is 12.6 Å². The number of hydrogen-bond donors (Lipinski definition) is 5. The number of carbonyl (C=O) groups excluding carboxylic acids is 1. The van der Waals surface area contributed by atoms with Gasteiger partial charge in [0.05, 0.1) is 6.61 Å². The summed E-state index contributed by atoms with van der Waals surface area (Å²) in [4.78, 5) is 13.4. The minimum atomic E-state index is -1.57. The number of nitrogens with zero attached hydrogens (tertiary/aromatic N) is 1. The van der Waals surface area contributed by atoms with Crippen LogP contribution in [0.5, 0.6) is 0 Å². The van der Waals surface area contributed by atoms with Crippen LogP contribution < -0.4 is 0 Å². The summed E-state index contributed by atoms with van der Waals surface area (Å²) < 4.78 is 10.2. The van der Waals surface area contributed by atoms with Gasteiger partial charge in [0.15, 0.2) is 0 Å². The summed E-state index contributed by atoms with van der Waals surface area (Å²) in [6, 6.07) is 0. The van der Waals surface area contributed by atoms with E-state index in [0.29, 0.717) is 13.1 Å². The van der Waals surface area contributed by atoms with Gasteiger partial charge in [0, 0.05) is 18.3 Å². The van der Waals surface area contributed by atoms with E-state index in [1.807, 2.05) is 0 Å². The van der Waals surface area contributed by atoms with Crippen LogP contribution in [-0.2, 0) is 9.47 Å². The molecule has 2 aliphatic heterocycles. The van der Waals surface area contributed by atoms with Gasteiger partial charge in [-0.1, -0.05) is 0 Å². The molecule has 9 heteroatoms. The molecule has 0 aromatic carbocycles. The smallest absolute Gasteiger partial charge is 0.412 e. The maximum absolute atomic E-state index is 12.0. The van der Waals surface area contributed by atoms with E-state index in [9.17, 15) is 20.1 Å². The van der Waals surface area contributed by atoms with Gasteiger partial charge in [0.2, 0.25) is 6.29 Å². The fraction of sp³-hybridized carbons (Fsp3) is 0.917. The lowest BCUT2D eigenvalue weighted by atomic mass is 9.99. The monoisotopic (exact) mass is 323 g/mol. The van der Waals surface area contributed by atoms with Gasteiger partial charge in [-0.05, 0) is 12.8 Å². The van der Waals surface area contributed by atoms with Crippen LogP contribution in [0, 0.1) is 0 Å². The Kier molecular flexibility index (Phi) is 5.69. The Balaban J connectivity index is 1.93. The Labute approximate surface area is 127 Å². The van der Waals surface area contributed by atoms with Crippen LogP contribution in [0.4, 0.5) is 4.79 Å². The first kappa shape index (κ1) is 16.8. The number of carbonyl (C=O) groups is 1. The highest BCUT2D eigenvalue weighted by Crippen LogP contribution is 2.23. The van der Waals surface area contributed by atoms with Crippen LogP contribution >= 0.6 is 12.6 Å². The SMILES string of the molecule is O=C(O[C@@H]1O[C@H](CO)[C@H](O)[C@H](O)[C@H]1O)N1CCC(S)CC1. The maximum atomic E-state index is 12.0. The summed E-state index contributed by atoms with van der Waals surface area (Å²) in [5, 5.41) is 38.3. The molecule has 4 N–H and O–H groups in total. The summed E-state index contributed by atoms with van der Waals surface area (Å²) in [6.45, 7) is 0.416. The Bertz CT molecular complexity index is 362. The van der Waals surface area contributed by atoms with Gasteiger partial charge in [0.1, 0.15) is 24.4 Å². The van der Waals surface area contributed by atoms with Crippen molar-refractivity contribution in [3.63, 3.8) is 0 Å². The fourth-order valence-corrected chi connectivity index (χ4v) is 2.62. The third-order valence-corrected chi connectivity index (χ3v) is 4.30. The molecule has 0 aromatic heterocycles. The zero-order valence-electron chi connectivity index (χ0n) is 11.4. The molecule has 8 nitrogen and oxygen atoms in total. The third-order valence-electron chi connectivity index (χ3n) is 3.79. The average molecular weight is 323 g/mol. The summed E-state index contributed by atoms with van der Waals surface area (Å²) in [6.07, 6.45) is -6.31. The first-order valence-corrected chi connectivity index (χ1v) is 7.39. The molecule has 21 heavy (non-hydrogen) atoms. The third kappa shape index (κ3) is 3.79. The number of thiol groups is 1. The average Bonchev–Trinajstić information content (AvgIpc) is 2.48. The molecular formula is C12H21NO7S. The second-order valence-corrected chi connectivity index (χ2v) is 6.03. The van der Waals surface area contributed by atoms with Crippen molar-refractivity contribution >= 4 is 18.7 Å². The Morgan fingerprint density at radius 3 is 2.38 bits per heavy atom. The van der Waals surface area contributed by atoms with Crippen LogP contribution in [0.25, 0.3) is 0 Å². The molecule has 0 aliphatic carbocycles. The van der Waals surface area contributed by atoms with Crippen molar-refractivity contribution in [3.05, 3.63) is 0 Å². The van der Waals surface area contributed by atoms with Crippen molar-refractivity contribution < 1.29 is 34.7 Å². The normalized spacial score (nSPS) is 38.3. The molecule has 2 rings (SSSR count). The lowest BCUT2D eigenvalue weighted by Crippen LogP contribution is -2.60. The first-order valence-electron chi connectivity index (χ1n) is 6.88. The van der Waals surface area contributed by atoms with E-state index in [-0.39, 0.29) is 5.25 Å². The standard InChI is InChI=1S/C12H21NO7S/c14-5-7-8(15)9(16)10(17)11(19-7)20-12(18)13-3-1-6(21)2-4-13/h6-11,14-17,21H,1-5H2/t7-,8+,9+,10-,11+/m1/s1. The van der Waals surface area contributed by atoms with Crippen LogP contribution in [0.15, 0.2) is 0 Å². The van der Waals surface area contributed by atoms with Crippen LogP contribution in [-0.4, -0.2) is 87.1 Å². The second-order valence-electron chi connectivity index (χ2n) is 5.30. The van der Waals surface area contributed by atoms with Crippen molar-refractivity contribution in [3.8, 4) is 0 Å². The Morgan fingerprint density at radius 2 is 1.81 bits per heavy atom. The summed E-state index contributed by atoms with van der Waals surface area (Å²) in [7, 11) is 0. The Hall–Kier alpha value is -0.580. The van der Waals surface area contributed by atoms with Crippen molar-refractivity contribution in [2.24, 2.45) is 0 Å². The lowest BCUT2D eigenvalue weighted by molar-refractivity contribution is -0.286. The van der Waals surface area contributed by atoms with Crippen molar-refractivity contribution in [2.75, 3.05) is 19.7 Å². The molecule has 2 saturated heterocycles. The molecule has 5 atom stereocenters. The molecule has 0 spiro atoms. The number of rotatable bonds is 2. The number of hydrogen-bond acceptors (Lipinski definition) is 8. The minimum Gasteiger partial charge on any atom is -0.416 e. The van der Waals surface area contributed by atoms with Gasteiger partial charge >= 0.3 is 6.09 Å². The van der Waals surface area contributed by atoms with Gasteiger partial charge in [-0.2, -0.15) is 12.6 Å². The van der Waals surface area contributed by atoms with Crippen LogP contribution in [0.2, 0.25) is 0 Å². The molecule has 122 valence electrons. The first-order chi connectivity index (χ1) is 9.93. The van der Waals surface area contributed by atoms with E-state index in [0.717, 1.165) is 12.8 Å². The molecular weight excluding hydrogens is 302 g/mol. The van der Waals surface area contributed by atoms with E-state index in [1.54, 1.807) is 0 Å². The molecule has 2 heterocycles. The van der Waals surface area contributed by atoms with E-state index >= 15 is 0 Å². The predicted molar refractivity (Wildman–Crippen MR) is 73.8 cm³/mol. The van der Waals surface area contributed by atoms with Gasteiger partial charge in [-0.25, -0.2) is 4.79 Å². The van der Waals surface area contributed by atoms with Gasteiger partial charge in [-0.15, -0.1) is 0 Å². The highest BCUT2D eigenvalue weighted by atomic mass is 32.1. The molecule has 0 unspecified atom stereocenters. The number of likely N-dealkylation sites (tertiary alicyclic amines) is 1. The summed E-state index contributed by atoms with van der Waals surface area (Å²) in [5.74, 6) is 0. The van der Waals surface area contributed by atoms with Crippen molar-refractivity contribution in [2.45, 2.75) is 48.8 Å². The predicted octanol–water partition coefficient (Wildman–Crippen LogP) is -1.68. The number of piperidine rings is 1. The zero-order valence-corrected chi connectivity index (χ0v) is 12.3. The molecule has 0 bridgehead atoms. The second kappa shape index (κ2) is 7.12. The maximum Gasteiger partial charge on any atom is 0.412 e. The van der Waals surface area contributed by atoms with Gasteiger partial charge < -0.3 is 34.8 Å². The highest BCUT2D eigenvalue weighted by molar-refractivity contribution is 7.80. The highest BCUT2D eigenvalue weighted by Gasteiger charge is 2.45. The van der Waals surface area contributed by atoms with Gasteiger partial charge in [0.25, 0.3) is 0 Å². The Morgan fingerprint density at radius 1 is 1.19 bits per heavy atom. The molecule has 0 radical (unpaired) electrons. The fourth-order valence-electron chi connectivity index (χ4n) is 2.39. The van der Waals surface area contributed by atoms with Gasteiger partial charge in [-0.3, -0.25) is 0 Å². The summed E-state index contributed by atoms with van der Waals surface area (Å²) in [5.41, 5.74) is 0. The molecule has 2 fully saturated rings. The minimum absolute atomic E-state index is 0.251.